The Morgan fingerprint density at radius 3 is 2.48 bits per heavy atom. The van der Waals surface area contributed by atoms with E-state index in [4.69, 9.17) is 16.3 Å². The standard InChI is InChI=1S/C22H23ClN2O5S/c23-16-8-10-17(11-9-16)31(28,29)22(12-3-4-13-22)20(26)30-15-5-14-25-19-7-2-1-6-18(19)24-21(25)27/h1-2,6-11H,3-5,12-15H2,(H,24,27). The lowest BCUT2D eigenvalue weighted by Crippen LogP contribution is -2.45. The third kappa shape index (κ3) is 3.90. The summed E-state index contributed by atoms with van der Waals surface area (Å²) in [5, 5.41) is 0.425. The van der Waals surface area contributed by atoms with Gasteiger partial charge in [0, 0.05) is 11.6 Å². The van der Waals surface area contributed by atoms with E-state index in [1.54, 1.807) is 4.57 Å². The molecule has 0 aliphatic heterocycles. The number of rotatable bonds is 7. The van der Waals surface area contributed by atoms with Gasteiger partial charge in [0.25, 0.3) is 0 Å². The van der Waals surface area contributed by atoms with Crippen LogP contribution in [0.2, 0.25) is 5.02 Å². The number of aryl methyl sites for hydroxylation is 1. The number of para-hydroxylation sites is 2. The highest BCUT2D eigenvalue weighted by Gasteiger charge is 2.54. The fourth-order valence-electron chi connectivity index (χ4n) is 4.22. The summed E-state index contributed by atoms with van der Waals surface area (Å²) in [4.78, 5) is 28.0. The average Bonchev–Trinajstić information content (AvgIpc) is 3.37. The monoisotopic (exact) mass is 462 g/mol. The molecule has 1 aliphatic rings. The maximum absolute atomic E-state index is 13.3. The van der Waals surface area contributed by atoms with Gasteiger partial charge in [0.1, 0.15) is 0 Å². The Balaban J connectivity index is 1.46. The predicted molar refractivity (Wildman–Crippen MR) is 118 cm³/mol. The second-order valence-corrected chi connectivity index (χ2v) is 10.4. The van der Waals surface area contributed by atoms with E-state index in [0.29, 0.717) is 30.8 Å². The van der Waals surface area contributed by atoms with Crippen LogP contribution in [0, 0.1) is 0 Å². The fourth-order valence-corrected chi connectivity index (χ4v) is 6.39. The highest BCUT2D eigenvalue weighted by Crippen LogP contribution is 2.41. The van der Waals surface area contributed by atoms with Crippen LogP contribution in [-0.2, 0) is 25.9 Å². The number of ether oxygens (including phenoxy) is 1. The van der Waals surface area contributed by atoms with Crippen molar-refractivity contribution in [3.8, 4) is 0 Å². The molecular weight excluding hydrogens is 440 g/mol. The van der Waals surface area contributed by atoms with Gasteiger partial charge in [-0.25, -0.2) is 13.2 Å². The number of aromatic nitrogens is 2. The van der Waals surface area contributed by atoms with Crippen molar-refractivity contribution in [3.05, 3.63) is 64.0 Å². The molecule has 1 N–H and O–H groups in total. The molecule has 1 heterocycles. The second-order valence-electron chi connectivity index (χ2n) is 7.75. The smallest absolute Gasteiger partial charge is 0.327 e. The van der Waals surface area contributed by atoms with E-state index in [2.05, 4.69) is 4.98 Å². The van der Waals surface area contributed by atoms with Crippen LogP contribution >= 0.6 is 11.6 Å². The number of H-pyrrole nitrogens is 1. The number of nitrogens with one attached hydrogen (secondary N) is 1. The van der Waals surface area contributed by atoms with Gasteiger partial charge in [0.15, 0.2) is 14.6 Å². The van der Waals surface area contributed by atoms with E-state index in [1.165, 1.54) is 24.3 Å². The number of carbonyl (C=O) groups excluding carboxylic acids is 1. The number of imidazole rings is 1. The molecule has 2 aromatic carbocycles. The van der Waals surface area contributed by atoms with Crippen LogP contribution in [0.1, 0.15) is 32.1 Å². The lowest BCUT2D eigenvalue weighted by atomic mass is 10.1. The van der Waals surface area contributed by atoms with Crippen LogP contribution in [0.15, 0.2) is 58.2 Å². The first-order valence-corrected chi connectivity index (χ1v) is 12.1. The first kappa shape index (κ1) is 21.6. The van der Waals surface area contributed by atoms with Gasteiger partial charge in [-0.3, -0.25) is 9.36 Å². The average molecular weight is 463 g/mol. The number of hydrogen-bond acceptors (Lipinski definition) is 5. The zero-order valence-corrected chi connectivity index (χ0v) is 18.4. The Labute approximate surface area is 184 Å². The summed E-state index contributed by atoms with van der Waals surface area (Å²) in [5.74, 6) is -0.716. The molecule has 1 fully saturated rings. The zero-order chi connectivity index (χ0) is 22.1. The minimum atomic E-state index is -3.93. The molecular formula is C22H23ClN2O5S. The fraction of sp³-hybridized carbons (Fsp3) is 0.364. The molecule has 0 bridgehead atoms. The lowest BCUT2D eigenvalue weighted by Gasteiger charge is -2.26. The quantitative estimate of drug-likeness (QED) is 0.426. The van der Waals surface area contributed by atoms with E-state index in [9.17, 15) is 18.0 Å². The van der Waals surface area contributed by atoms with Crippen molar-refractivity contribution in [3.63, 3.8) is 0 Å². The Morgan fingerprint density at radius 2 is 1.77 bits per heavy atom. The summed E-state index contributed by atoms with van der Waals surface area (Å²) in [7, 11) is -3.93. The minimum absolute atomic E-state index is 0.0304. The molecule has 1 saturated carbocycles. The van der Waals surface area contributed by atoms with Crippen LogP contribution < -0.4 is 5.69 Å². The van der Waals surface area contributed by atoms with Crippen LogP contribution in [0.3, 0.4) is 0 Å². The SMILES string of the molecule is O=C(OCCCn1c(=O)[nH]c2ccccc21)C1(S(=O)(=O)c2ccc(Cl)cc2)CCCC1. The summed E-state index contributed by atoms with van der Waals surface area (Å²) in [6.07, 6.45) is 2.15. The van der Waals surface area contributed by atoms with Gasteiger partial charge in [0.2, 0.25) is 0 Å². The molecule has 4 rings (SSSR count). The third-order valence-electron chi connectivity index (χ3n) is 5.86. The van der Waals surface area contributed by atoms with Gasteiger partial charge in [-0.05, 0) is 55.7 Å². The van der Waals surface area contributed by atoms with Crippen LogP contribution in [-0.4, -0.2) is 35.3 Å². The maximum atomic E-state index is 13.3. The van der Waals surface area contributed by atoms with Gasteiger partial charge in [-0.1, -0.05) is 36.6 Å². The molecule has 164 valence electrons. The summed E-state index contributed by atoms with van der Waals surface area (Å²) in [6.45, 7) is 0.385. The predicted octanol–water partition coefficient (Wildman–Crippen LogP) is 3.70. The first-order valence-electron chi connectivity index (χ1n) is 10.2. The van der Waals surface area contributed by atoms with Gasteiger partial charge in [-0.15, -0.1) is 0 Å². The van der Waals surface area contributed by atoms with Crippen LogP contribution in [0.4, 0.5) is 0 Å². The molecule has 7 nitrogen and oxygen atoms in total. The number of hydrogen-bond donors (Lipinski definition) is 1. The molecule has 0 radical (unpaired) electrons. The molecule has 1 aliphatic carbocycles. The molecule has 0 amide bonds. The Bertz CT molecular complexity index is 1260. The summed E-state index contributed by atoms with van der Waals surface area (Å²) < 4.78 is 32.1. The van der Waals surface area contributed by atoms with Gasteiger partial charge >= 0.3 is 11.7 Å². The molecule has 9 heteroatoms. The van der Waals surface area contributed by atoms with E-state index >= 15 is 0 Å². The number of halogens is 1. The molecule has 31 heavy (non-hydrogen) atoms. The van der Waals surface area contributed by atoms with E-state index in [1.807, 2.05) is 24.3 Å². The van der Waals surface area contributed by atoms with Gasteiger partial charge in [0.05, 0.1) is 22.5 Å². The van der Waals surface area contributed by atoms with Crippen molar-refractivity contribution in [1.82, 2.24) is 9.55 Å². The van der Waals surface area contributed by atoms with Crippen molar-refractivity contribution < 1.29 is 17.9 Å². The molecule has 0 spiro atoms. The first-order chi connectivity index (χ1) is 14.8. The van der Waals surface area contributed by atoms with E-state index < -0.39 is 20.6 Å². The topological polar surface area (TPSA) is 98.2 Å². The van der Waals surface area contributed by atoms with Crippen molar-refractivity contribution in [1.29, 1.82) is 0 Å². The summed E-state index contributed by atoms with van der Waals surface area (Å²) in [5.41, 5.74) is 1.28. The molecule has 0 atom stereocenters. The number of fused-ring (bicyclic) bond motifs is 1. The maximum Gasteiger partial charge on any atom is 0.327 e. The van der Waals surface area contributed by atoms with Crippen molar-refractivity contribution in [2.75, 3.05) is 6.61 Å². The summed E-state index contributed by atoms with van der Waals surface area (Å²) in [6, 6.07) is 13.2. The Morgan fingerprint density at radius 1 is 1.10 bits per heavy atom. The Hall–Kier alpha value is -2.58. The number of carbonyl (C=O) groups is 1. The zero-order valence-electron chi connectivity index (χ0n) is 16.8. The highest BCUT2D eigenvalue weighted by atomic mass is 35.5. The normalized spacial score (nSPS) is 15.9. The highest BCUT2D eigenvalue weighted by molar-refractivity contribution is 7.93. The van der Waals surface area contributed by atoms with Gasteiger partial charge < -0.3 is 9.72 Å². The molecule has 1 aromatic heterocycles. The third-order valence-corrected chi connectivity index (χ3v) is 8.61. The largest absolute Gasteiger partial charge is 0.464 e. The number of nitrogens with zero attached hydrogens (tertiary/aromatic N) is 1. The van der Waals surface area contributed by atoms with Crippen LogP contribution in [0.25, 0.3) is 11.0 Å². The number of esters is 1. The molecule has 0 saturated heterocycles. The second kappa shape index (κ2) is 8.51. The Kier molecular flexibility index (Phi) is 5.94. The van der Waals surface area contributed by atoms with Crippen molar-refractivity contribution in [2.24, 2.45) is 0 Å². The van der Waals surface area contributed by atoms with E-state index in [0.717, 1.165) is 11.0 Å². The number of aromatic amines is 1. The van der Waals surface area contributed by atoms with Crippen molar-refractivity contribution in [2.45, 2.75) is 48.3 Å². The molecule has 3 aromatic rings. The van der Waals surface area contributed by atoms with E-state index in [-0.39, 0.29) is 30.0 Å². The lowest BCUT2D eigenvalue weighted by molar-refractivity contribution is -0.146. The number of sulfone groups is 1. The molecule has 0 unspecified atom stereocenters. The van der Waals surface area contributed by atoms with Crippen molar-refractivity contribution >= 4 is 38.4 Å². The van der Waals surface area contributed by atoms with Crippen LogP contribution in [0.5, 0.6) is 0 Å². The summed E-state index contributed by atoms with van der Waals surface area (Å²) >= 11 is 5.88. The van der Waals surface area contributed by atoms with Gasteiger partial charge in [-0.2, -0.15) is 0 Å². The minimum Gasteiger partial charge on any atom is -0.464 e. The number of benzene rings is 2.